The van der Waals surface area contributed by atoms with Crippen LogP contribution in [0, 0.1) is 0 Å². The smallest absolute Gasteiger partial charge is 0.163 e. The summed E-state index contributed by atoms with van der Waals surface area (Å²) in [6.45, 7) is 2.22. The third-order valence-electron chi connectivity index (χ3n) is 2.60. The number of hydrogen-bond donors (Lipinski definition) is 0. The van der Waals surface area contributed by atoms with Gasteiger partial charge in [-0.3, -0.25) is 4.79 Å². The maximum Gasteiger partial charge on any atom is 0.163 e. The van der Waals surface area contributed by atoms with Crippen molar-refractivity contribution in [1.82, 2.24) is 0 Å². The number of hydrogen-bond acceptors (Lipinski definition) is 2. The van der Waals surface area contributed by atoms with Gasteiger partial charge in [0, 0.05) is 17.4 Å². The van der Waals surface area contributed by atoms with Gasteiger partial charge < -0.3 is 0 Å². The number of ketones is 1. The fourth-order valence-electron chi connectivity index (χ4n) is 1.63. The standard InChI is InChI=1S/C13H20OS/c1-2-3-4-5-6-7-8-13(14)12-9-10-15-11-12/h9-11H,2-8H2,1H3. The fourth-order valence-corrected chi connectivity index (χ4v) is 2.29. The molecule has 0 spiro atoms. The van der Waals surface area contributed by atoms with Crippen LogP contribution in [0.4, 0.5) is 0 Å². The quantitative estimate of drug-likeness (QED) is 0.463. The largest absolute Gasteiger partial charge is 0.294 e. The van der Waals surface area contributed by atoms with Gasteiger partial charge in [-0.2, -0.15) is 11.3 Å². The molecule has 84 valence electrons. The maximum atomic E-state index is 11.6. The molecule has 0 N–H and O–H groups in total. The maximum absolute atomic E-state index is 11.6. The Balaban J connectivity index is 2.03. The zero-order valence-electron chi connectivity index (χ0n) is 9.50. The Bertz CT molecular complexity index is 264. The SMILES string of the molecule is CCCCCCCCC(=O)c1ccsc1. The summed E-state index contributed by atoms with van der Waals surface area (Å²) in [5, 5.41) is 3.91. The van der Waals surface area contributed by atoms with E-state index in [1.807, 2.05) is 16.8 Å². The van der Waals surface area contributed by atoms with Crippen molar-refractivity contribution in [3.63, 3.8) is 0 Å². The number of unbranched alkanes of at least 4 members (excludes halogenated alkanes) is 5. The molecule has 0 radical (unpaired) electrons. The van der Waals surface area contributed by atoms with Crippen LogP contribution in [0.5, 0.6) is 0 Å². The lowest BCUT2D eigenvalue weighted by Crippen LogP contribution is -1.96. The minimum Gasteiger partial charge on any atom is -0.294 e. The highest BCUT2D eigenvalue weighted by atomic mass is 32.1. The zero-order chi connectivity index (χ0) is 10.9. The van der Waals surface area contributed by atoms with Crippen LogP contribution in [-0.4, -0.2) is 5.78 Å². The minimum atomic E-state index is 0.312. The Hall–Kier alpha value is -0.630. The Kier molecular flexibility index (Phi) is 6.33. The number of Topliss-reactive ketones (excluding diaryl/α,β-unsaturated/α-hetero) is 1. The summed E-state index contributed by atoms with van der Waals surface area (Å²) in [5.74, 6) is 0.312. The molecule has 0 amide bonds. The normalized spacial score (nSPS) is 10.5. The van der Waals surface area contributed by atoms with Crippen molar-refractivity contribution >= 4 is 17.1 Å². The van der Waals surface area contributed by atoms with E-state index in [0.717, 1.165) is 18.4 Å². The molecule has 0 saturated heterocycles. The van der Waals surface area contributed by atoms with Crippen LogP contribution in [0.2, 0.25) is 0 Å². The fraction of sp³-hybridized carbons (Fsp3) is 0.615. The van der Waals surface area contributed by atoms with E-state index < -0.39 is 0 Å². The third-order valence-corrected chi connectivity index (χ3v) is 3.28. The molecule has 0 unspecified atom stereocenters. The van der Waals surface area contributed by atoms with E-state index in [1.54, 1.807) is 11.3 Å². The molecule has 0 fully saturated rings. The topological polar surface area (TPSA) is 17.1 Å². The highest BCUT2D eigenvalue weighted by molar-refractivity contribution is 7.08. The summed E-state index contributed by atoms with van der Waals surface area (Å²) in [5.41, 5.74) is 0.897. The van der Waals surface area contributed by atoms with E-state index in [4.69, 9.17) is 0 Å². The van der Waals surface area contributed by atoms with Crippen molar-refractivity contribution in [3.05, 3.63) is 22.4 Å². The molecule has 1 aromatic rings. The molecular formula is C13H20OS. The molecule has 0 aliphatic heterocycles. The first-order valence-electron chi connectivity index (χ1n) is 5.90. The highest BCUT2D eigenvalue weighted by Crippen LogP contribution is 2.12. The number of carbonyl (C=O) groups excluding carboxylic acids is 1. The van der Waals surface area contributed by atoms with E-state index >= 15 is 0 Å². The van der Waals surface area contributed by atoms with Gasteiger partial charge in [-0.1, -0.05) is 39.0 Å². The lowest BCUT2D eigenvalue weighted by molar-refractivity contribution is 0.0979. The van der Waals surface area contributed by atoms with Crippen LogP contribution < -0.4 is 0 Å². The number of carbonyl (C=O) groups is 1. The van der Waals surface area contributed by atoms with Gasteiger partial charge in [0.1, 0.15) is 0 Å². The van der Waals surface area contributed by atoms with Crippen LogP contribution in [0.1, 0.15) is 62.2 Å². The average molecular weight is 224 g/mol. The van der Waals surface area contributed by atoms with Gasteiger partial charge in [-0.15, -0.1) is 0 Å². The van der Waals surface area contributed by atoms with Crippen LogP contribution in [0.3, 0.4) is 0 Å². The van der Waals surface area contributed by atoms with Crippen molar-refractivity contribution in [1.29, 1.82) is 0 Å². The molecular weight excluding hydrogens is 204 g/mol. The average Bonchev–Trinajstić information content (AvgIpc) is 2.76. The Morgan fingerprint density at radius 3 is 2.60 bits per heavy atom. The highest BCUT2D eigenvalue weighted by Gasteiger charge is 2.04. The molecule has 15 heavy (non-hydrogen) atoms. The van der Waals surface area contributed by atoms with Gasteiger partial charge in [0.15, 0.2) is 5.78 Å². The molecule has 0 aliphatic rings. The lowest BCUT2D eigenvalue weighted by atomic mass is 10.1. The van der Waals surface area contributed by atoms with Crippen molar-refractivity contribution in [2.24, 2.45) is 0 Å². The van der Waals surface area contributed by atoms with E-state index in [-0.39, 0.29) is 0 Å². The molecule has 0 bridgehead atoms. The number of thiophene rings is 1. The van der Waals surface area contributed by atoms with Crippen molar-refractivity contribution in [2.75, 3.05) is 0 Å². The van der Waals surface area contributed by atoms with Gasteiger partial charge in [0.25, 0.3) is 0 Å². The van der Waals surface area contributed by atoms with Gasteiger partial charge in [0.2, 0.25) is 0 Å². The second-order valence-electron chi connectivity index (χ2n) is 3.95. The van der Waals surface area contributed by atoms with E-state index in [0.29, 0.717) is 5.78 Å². The molecule has 1 rings (SSSR count). The third kappa shape index (κ3) is 5.12. The van der Waals surface area contributed by atoms with Gasteiger partial charge in [-0.25, -0.2) is 0 Å². The molecule has 0 saturated carbocycles. The van der Waals surface area contributed by atoms with Gasteiger partial charge in [-0.05, 0) is 17.9 Å². The summed E-state index contributed by atoms with van der Waals surface area (Å²) in [7, 11) is 0. The molecule has 1 nitrogen and oxygen atoms in total. The van der Waals surface area contributed by atoms with Gasteiger partial charge in [0.05, 0.1) is 0 Å². The monoisotopic (exact) mass is 224 g/mol. The molecule has 1 aromatic heterocycles. The van der Waals surface area contributed by atoms with Crippen LogP contribution >= 0.6 is 11.3 Å². The Labute approximate surface area is 96.5 Å². The summed E-state index contributed by atoms with van der Waals surface area (Å²) in [6.07, 6.45) is 8.21. The summed E-state index contributed by atoms with van der Waals surface area (Å²) in [4.78, 5) is 11.6. The molecule has 0 atom stereocenters. The predicted octanol–water partition coefficient (Wildman–Crippen LogP) is 4.68. The Morgan fingerprint density at radius 1 is 1.20 bits per heavy atom. The molecule has 1 heterocycles. The van der Waals surface area contributed by atoms with Crippen LogP contribution in [-0.2, 0) is 0 Å². The first-order chi connectivity index (χ1) is 7.34. The van der Waals surface area contributed by atoms with Crippen molar-refractivity contribution < 1.29 is 4.79 Å². The summed E-state index contributed by atoms with van der Waals surface area (Å²) >= 11 is 1.60. The zero-order valence-corrected chi connectivity index (χ0v) is 10.3. The van der Waals surface area contributed by atoms with Crippen LogP contribution in [0.25, 0.3) is 0 Å². The van der Waals surface area contributed by atoms with Crippen molar-refractivity contribution in [2.45, 2.75) is 51.9 Å². The molecule has 2 heteroatoms. The minimum absolute atomic E-state index is 0.312. The van der Waals surface area contributed by atoms with Gasteiger partial charge >= 0.3 is 0 Å². The first kappa shape index (κ1) is 12.4. The summed E-state index contributed by atoms with van der Waals surface area (Å²) < 4.78 is 0. The summed E-state index contributed by atoms with van der Waals surface area (Å²) in [6, 6.07) is 1.92. The molecule has 0 aromatic carbocycles. The van der Waals surface area contributed by atoms with E-state index in [1.165, 1.54) is 32.1 Å². The molecule has 0 aliphatic carbocycles. The second-order valence-corrected chi connectivity index (χ2v) is 4.73. The van der Waals surface area contributed by atoms with E-state index in [2.05, 4.69) is 6.92 Å². The second kappa shape index (κ2) is 7.63. The Morgan fingerprint density at radius 2 is 1.93 bits per heavy atom. The van der Waals surface area contributed by atoms with Crippen LogP contribution in [0.15, 0.2) is 16.8 Å². The number of rotatable bonds is 8. The van der Waals surface area contributed by atoms with Crippen molar-refractivity contribution in [3.8, 4) is 0 Å². The first-order valence-corrected chi connectivity index (χ1v) is 6.84. The van der Waals surface area contributed by atoms with E-state index in [9.17, 15) is 4.79 Å². The lowest BCUT2D eigenvalue weighted by Gasteiger charge is -1.99. The predicted molar refractivity (Wildman–Crippen MR) is 66.6 cm³/mol.